The lowest BCUT2D eigenvalue weighted by molar-refractivity contribution is -0.121. The van der Waals surface area contributed by atoms with Crippen molar-refractivity contribution in [3.05, 3.63) is 63.6 Å². The highest BCUT2D eigenvalue weighted by molar-refractivity contribution is 6.35. The quantitative estimate of drug-likeness (QED) is 0.843. The first-order valence-electron chi connectivity index (χ1n) is 6.98. The fourth-order valence-corrected chi connectivity index (χ4v) is 2.79. The Hall–Kier alpha value is -1.71. The highest BCUT2D eigenvalue weighted by Crippen LogP contribution is 2.26. The molecule has 0 aliphatic heterocycles. The first-order valence-corrected chi connectivity index (χ1v) is 7.74. The molecule has 0 fully saturated rings. The topological polar surface area (TPSA) is 49.3 Å². The van der Waals surface area contributed by atoms with Gasteiger partial charge in [0, 0.05) is 16.5 Å². The number of phenolic OH excluding ortho intramolecular Hbond substituents is 1. The number of hydrogen-bond donors (Lipinski definition) is 2. The van der Waals surface area contributed by atoms with Crippen molar-refractivity contribution in [1.82, 2.24) is 5.32 Å². The van der Waals surface area contributed by atoms with Crippen molar-refractivity contribution in [2.24, 2.45) is 0 Å². The lowest BCUT2D eigenvalue weighted by Gasteiger charge is -2.16. The van der Waals surface area contributed by atoms with Gasteiger partial charge in [-0.25, -0.2) is 0 Å². The number of carbonyl (C=O) groups excluding carboxylic acids is 1. The Labute approximate surface area is 139 Å². The van der Waals surface area contributed by atoms with E-state index in [1.165, 1.54) is 0 Å². The van der Waals surface area contributed by atoms with Gasteiger partial charge in [0.25, 0.3) is 0 Å². The summed E-state index contributed by atoms with van der Waals surface area (Å²) in [4.78, 5) is 12.0. The molecule has 0 saturated heterocycles. The fourth-order valence-electron chi connectivity index (χ4n) is 2.21. The van der Waals surface area contributed by atoms with Crippen molar-refractivity contribution >= 4 is 29.1 Å². The highest BCUT2D eigenvalue weighted by atomic mass is 35.5. The van der Waals surface area contributed by atoms with Gasteiger partial charge in [-0.3, -0.25) is 4.79 Å². The number of phenols is 1. The number of nitrogens with one attached hydrogen (secondary N) is 1. The van der Waals surface area contributed by atoms with Crippen LogP contribution in [0.3, 0.4) is 0 Å². The molecule has 2 N–H and O–H groups in total. The van der Waals surface area contributed by atoms with Crippen molar-refractivity contribution in [2.45, 2.75) is 25.8 Å². The van der Waals surface area contributed by atoms with E-state index >= 15 is 0 Å². The van der Waals surface area contributed by atoms with Gasteiger partial charge in [0.2, 0.25) is 5.91 Å². The van der Waals surface area contributed by atoms with Crippen LogP contribution in [0.25, 0.3) is 0 Å². The van der Waals surface area contributed by atoms with Crippen LogP contribution in [0.1, 0.15) is 30.5 Å². The fraction of sp³-hybridized carbons (Fsp3) is 0.235. The van der Waals surface area contributed by atoms with E-state index in [-0.39, 0.29) is 17.7 Å². The molecule has 0 unspecified atom stereocenters. The van der Waals surface area contributed by atoms with Gasteiger partial charge in [-0.15, -0.1) is 0 Å². The third-order valence-corrected chi connectivity index (χ3v) is 3.98. The summed E-state index contributed by atoms with van der Waals surface area (Å²) in [6.07, 6.45) is 0.784. The molecule has 2 rings (SSSR count). The van der Waals surface area contributed by atoms with Crippen LogP contribution < -0.4 is 5.32 Å². The van der Waals surface area contributed by atoms with Gasteiger partial charge >= 0.3 is 0 Å². The van der Waals surface area contributed by atoms with Gasteiger partial charge in [0.15, 0.2) is 0 Å². The lowest BCUT2D eigenvalue weighted by Crippen LogP contribution is -2.27. The van der Waals surface area contributed by atoms with Crippen LogP contribution >= 0.6 is 23.2 Å². The summed E-state index contributed by atoms with van der Waals surface area (Å²) in [6.45, 7) is 1.87. The molecule has 3 nitrogen and oxygen atoms in total. The molecular weight excluding hydrogens is 321 g/mol. The molecule has 0 aliphatic carbocycles. The van der Waals surface area contributed by atoms with Gasteiger partial charge in [-0.2, -0.15) is 0 Å². The first kappa shape index (κ1) is 16.7. The molecule has 0 aliphatic rings. The van der Waals surface area contributed by atoms with Crippen LogP contribution in [0.2, 0.25) is 10.0 Å². The van der Waals surface area contributed by atoms with E-state index in [9.17, 15) is 9.90 Å². The average Bonchev–Trinajstić information content (AvgIpc) is 2.46. The van der Waals surface area contributed by atoms with Gasteiger partial charge < -0.3 is 10.4 Å². The molecular formula is C17H17Cl2NO2. The Morgan fingerprint density at radius 3 is 2.64 bits per heavy atom. The number of hydrogen-bond acceptors (Lipinski definition) is 2. The standard InChI is InChI=1S/C17H17Cl2NO2/c1-11(14-8-7-13(18)10-15(14)19)20-17(22)9-6-12-4-2-3-5-16(12)21/h2-5,7-8,10-11,21H,6,9H2,1H3,(H,20,22)/t11-/m1/s1. The second kappa shape index (κ2) is 7.52. The molecule has 1 atom stereocenters. The van der Waals surface area contributed by atoms with Crippen molar-refractivity contribution < 1.29 is 9.90 Å². The van der Waals surface area contributed by atoms with Crippen LogP contribution in [0.5, 0.6) is 5.75 Å². The normalized spacial score (nSPS) is 12.0. The third-order valence-electron chi connectivity index (χ3n) is 3.42. The summed E-state index contributed by atoms with van der Waals surface area (Å²) in [6, 6.07) is 12.0. The predicted molar refractivity (Wildman–Crippen MR) is 89.4 cm³/mol. The SMILES string of the molecule is C[C@@H](NC(=O)CCc1ccccc1O)c1ccc(Cl)cc1Cl. The number of rotatable bonds is 5. The van der Waals surface area contributed by atoms with Crippen molar-refractivity contribution in [3.63, 3.8) is 0 Å². The minimum absolute atomic E-state index is 0.0956. The highest BCUT2D eigenvalue weighted by Gasteiger charge is 2.13. The van der Waals surface area contributed by atoms with E-state index < -0.39 is 0 Å². The molecule has 5 heteroatoms. The monoisotopic (exact) mass is 337 g/mol. The Bertz CT molecular complexity index is 673. The van der Waals surface area contributed by atoms with E-state index in [0.717, 1.165) is 11.1 Å². The molecule has 2 aromatic rings. The largest absolute Gasteiger partial charge is 0.508 e. The number of para-hydroxylation sites is 1. The smallest absolute Gasteiger partial charge is 0.220 e. The average molecular weight is 338 g/mol. The maximum Gasteiger partial charge on any atom is 0.220 e. The Morgan fingerprint density at radius 2 is 1.95 bits per heavy atom. The Kier molecular flexibility index (Phi) is 5.69. The Morgan fingerprint density at radius 1 is 1.23 bits per heavy atom. The second-order valence-electron chi connectivity index (χ2n) is 5.08. The predicted octanol–water partition coefficient (Wildman–Crippen LogP) is 4.51. The zero-order valence-electron chi connectivity index (χ0n) is 12.1. The number of amides is 1. The first-order chi connectivity index (χ1) is 10.5. The van der Waals surface area contributed by atoms with Crippen LogP contribution in [0.4, 0.5) is 0 Å². The molecule has 0 saturated carbocycles. The molecule has 0 heterocycles. The maximum atomic E-state index is 12.0. The summed E-state index contributed by atoms with van der Waals surface area (Å²) in [5, 5.41) is 13.7. The zero-order valence-corrected chi connectivity index (χ0v) is 13.7. The Balaban J connectivity index is 1.93. The molecule has 0 radical (unpaired) electrons. The lowest BCUT2D eigenvalue weighted by atomic mass is 10.1. The van der Waals surface area contributed by atoms with Gasteiger partial charge in [0.1, 0.15) is 5.75 Å². The number of halogens is 2. The summed E-state index contributed by atoms with van der Waals surface area (Å²) in [7, 11) is 0. The second-order valence-corrected chi connectivity index (χ2v) is 5.93. The number of carbonyl (C=O) groups is 1. The van der Waals surface area contributed by atoms with E-state index in [1.807, 2.05) is 19.1 Å². The van der Waals surface area contributed by atoms with Crippen LogP contribution in [0.15, 0.2) is 42.5 Å². The third kappa shape index (κ3) is 4.39. The van der Waals surface area contributed by atoms with Gasteiger partial charge in [0.05, 0.1) is 6.04 Å². The number of aryl methyl sites for hydroxylation is 1. The zero-order chi connectivity index (χ0) is 16.1. The van der Waals surface area contributed by atoms with Crippen molar-refractivity contribution in [2.75, 3.05) is 0 Å². The summed E-state index contributed by atoms with van der Waals surface area (Å²) in [5.74, 6) is 0.117. The van der Waals surface area contributed by atoms with E-state index in [1.54, 1.807) is 30.3 Å². The van der Waals surface area contributed by atoms with E-state index in [2.05, 4.69) is 5.32 Å². The molecule has 1 amide bonds. The molecule has 0 aromatic heterocycles. The van der Waals surface area contributed by atoms with Crippen molar-refractivity contribution in [1.29, 1.82) is 0 Å². The summed E-state index contributed by atoms with van der Waals surface area (Å²) < 4.78 is 0. The minimum Gasteiger partial charge on any atom is -0.508 e. The van der Waals surface area contributed by atoms with Gasteiger partial charge in [-0.05, 0) is 42.7 Å². The number of aromatic hydroxyl groups is 1. The maximum absolute atomic E-state index is 12.0. The molecule has 0 bridgehead atoms. The summed E-state index contributed by atoms with van der Waals surface area (Å²) >= 11 is 12.0. The van der Waals surface area contributed by atoms with Crippen molar-refractivity contribution in [3.8, 4) is 5.75 Å². The summed E-state index contributed by atoms with van der Waals surface area (Å²) in [5.41, 5.74) is 1.58. The molecule has 22 heavy (non-hydrogen) atoms. The van der Waals surface area contributed by atoms with Crippen LogP contribution in [0, 0.1) is 0 Å². The van der Waals surface area contributed by atoms with E-state index in [4.69, 9.17) is 23.2 Å². The minimum atomic E-state index is -0.207. The molecule has 2 aromatic carbocycles. The van der Waals surface area contributed by atoms with Crippen LogP contribution in [-0.2, 0) is 11.2 Å². The number of benzene rings is 2. The van der Waals surface area contributed by atoms with Crippen LogP contribution in [-0.4, -0.2) is 11.0 Å². The molecule has 116 valence electrons. The van der Waals surface area contributed by atoms with E-state index in [0.29, 0.717) is 22.9 Å². The molecule has 0 spiro atoms. The van der Waals surface area contributed by atoms with Gasteiger partial charge in [-0.1, -0.05) is 47.5 Å².